The van der Waals surface area contributed by atoms with Crippen LogP contribution < -0.4 is 5.32 Å². The molecule has 0 radical (unpaired) electrons. The van der Waals surface area contributed by atoms with E-state index in [0.717, 1.165) is 11.1 Å². The van der Waals surface area contributed by atoms with Crippen molar-refractivity contribution in [2.75, 3.05) is 6.61 Å². The number of hydrogen-bond donors (Lipinski definition) is 3. The Bertz CT molecular complexity index is 462. The van der Waals surface area contributed by atoms with Gasteiger partial charge in [-0.15, -0.1) is 0 Å². The van der Waals surface area contributed by atoms with E-state index in [-0.39, 0.29) is 12.6 Å². The summed E-state index contributed by atoms with van der Waals surface area (Å²) in [6, 6.07) is 8.49. The number of aromatic nitrogens is 1. The largest absolute Gasteiger partial charge is 0.394 e. The number of hydrogen-bond acceptors (Lipinski definition) is 2. The van der Waals surface area contributed by atoms with Crippen molar-refractivity contribution in [2.24, 2.45) is 0 Å². The van der Waals surface area contributed by atoms with E-state index in [1.807, 2.05) is 24.4 Å². The van der Waals surface area contributed by atoms with Crippen molar-refractivity contribution in [3.63, 3.8) is 0 Å². The van der Waals surface area contributed by atoms with Crippen molar-refractivity contribution in [1.82, 2.24) is 10.3 Å². The molecule has 0 aliphatic heterocycles. The Balaban J connectivity index is 2.37. The standard InChI is InChI=1S/C13H18N2O/c1-9(2)15-13(8-16)11-7-14-12-6-4-3-5-10(11)12/h3-7,9,13-16H,8H2,1-2H3. The van der Waals surface area contributed by atoms with Crippen LogP contribution in [0.1, 0.15) is 25.5 Å². The minimum atomic E-state index is -0.00356. The van der Waals surface area contributed by atoms with Crippen LogP contribution in [-0.2, 0) is 0 Å². The molecule has 0 spiro atoms. The lowest BCUT2D eigenvalue weighted by Crippen LogP contribution is -2.30. The molecule has 1 aromatic heterocycles. The van der Waals surface area contributed by atoms with Crippen molar-refractivity contribution in [3.05, 3.63) is 36.0 Å². The molecule has 0 fully saturated rings. The highest BCUT2D eigenvalue weighted by Gasteiger charge is 2.15. The third kappa shape index (κ3) is 2.10. The van der Waals surface area contributed by atoms with Gasteiger partial charge in [-0.3, -0.25) is 0 Å². The molecule has 0 amide bonds. The Morgan fingerprint density at radius 3 is 2.75 bits per heavy atom. The van der Waals surface area contributed by atoms with Crippen LogP contribution in [0.5, 0.6) is 0 Å². The predicted molar refractivity (Wildman–Crippen MR) is 66.4 cm³/mol. The quantitative estimate of drug-likeness (QED) is 0.736. The molecule has 0 aliphatic rings. The van der Waals surface area contributed by atoms with Crippen LogP contribution in [0.3, 0.4) is 0 Å². The van der Waals surface area contributed by atoms with Gasteiger partial charge in [0.25, 0.3) is 0 Å². The second kappa shape index (κ2) is 4.68. The van der Waals surface area contributed by atoms with E-state index in [9.17, 15) is 5.11 Å². The fourth-order valence-electron chi connectivity index (χ4n) is 2.03. The van der Waals surface area contributed by atoms with Gasteiger partial charge in [0.2, 0.25) is 0 Å². The lowest BCUT2D eigenvalue weighted by Gasteiger charge is -2.18. The third-order valence-corrected chi connectivity index (χ3v) is 2.71. The molecule has 2 aromatic rings. The molecule has 3 heteroatoms. The number of fused-ring (bicyclic) bond motifs is 1. The van der Waals surface area contributed by atoms with E-state index in [1.54, 1.807) is 0 Å². The molecule has 16 heavy (non-hydrogen) atoms. The zero-order chi connectivity index (χ0) is 11.5. The summed E-state index contributed by atoms with van der Waals surface area (Å²) in [7, 11) is 0. The zero-order valence-corrected chi connectivity index (χ0v) is 9.70. The summed E-state index contributed by atoms with van der Waals surface area (Å²) in [6.07, 6.45) is 1.97. The second-order valence-corrected chi connectivity index (χ2v) is 4.35. The molecule has 0 aliphatic carbocycles. The van der Waals surface area contributed by atoms with Gasteiger partial charge in [0, 0.05) is 23.1 Å². The highest BCUT2D eigenvalue weighted by atomic mass is 16.3. The first-order valence-corrected chi connectivity index (χ1v) is 5.65. The fourth-order valence-corrected chi connectivity index (χ4v) is 2.03. The highest BCUT2D eigenvalue weighted by Crippen LogP contribution is 2.23. The Kier molecular flexibility index (Phi) is 3.27. The summed E-state index contributed by atoms with van der Waals surface area (Å²) in [5, 5.41) is 14.0. The topological polar surface area (TPSA) is 48.0 Å². The number of aliphatic hydroxyl groups excluding tert-OH is 1. The molecule has 3 nitrogen and oxygen atoms in total. The van der Waals surface area contributed by atoms with Crippen molar-refractivity contribution < 1.29 is 5.11 Å². The van der Waals surface area contributed by atoms with Gasteiger partial charge in [0.1, 0.15) is 0 Å². The molecule has 1 aromatic carbocycles. The summed E-state index contributed by atoms with van der Waals surface area (Å²) in [6.45, 7) is 4.27. The zero-order valence-electron chi connectivity index (χ0n) is 9.70. The molecule has 0 saturated heterocycles. The molecule has 2 rings (SSSR count). The van der Waals surface area contributed by atoms with Crippen LogP contribution in [0.2, 0.25) is 0 Å². The van der Waals surface area contributed by atoms with Crippen molar-refractivity contribution in [2.45, 2.75) is 25.9 Å². The van der Waals surface area contributed by atoms with Crippen LogP contribution in [0.25, 0.3) is 10.9 Å². The number of nitrogens with one attached hydrogen (secondary N) is 2. The Hall–Kier alpha value is -1.32. The molecule has 1 heterocycles. The Labute approximate surface area is 95.5 Å². The predicted octanol–water partition coefficient (Wildman–Crippen LogP) is 2.20. The lowest BCUT2D eigenvalue weighted by atomic mass is 10.1. The van der Waals surface area contributed by atoms with Gasteiger partial charge in [-0.1, -0.05) is 32.0 Å². The summed E-state index contributed by atoms with van der Waals surface area (Å²) in [5.74, 6) is 0. The minimum absolute atomic E-state index is 0.00356. The molecule has 1 atom stereocenters. The molecular formula is C13H18N2O. The molecular weight excluding hydrogens is 200 g/mol. The van der Waals surface area contributed by atoms with Gasteiger partial charge in [-0.25, -0.2) is 0 Å². The number of benzene rings is 1. The normalized spacial score (nSPS) is 13.5. The number of para-hydroxylation sites is 1. The van der Waals surface area contributed by atoms with E-state index < -0.39 is 0 Å². The number of rotatable bonds is 4. The highest BCUT2D eigenvalue weighted by molar-refractivity contribution is 5.83. The summed E-state index contributed by atoms with van der Waals surface area (Å²) >= 11 is 0. The molecule has 3 N–H and O–H groups in total. The molecule has 1 unspecified atom stereocenters. The molecule has 0 saturated carbocycles. The van der Waals surface area contributed by atoms with Gasteiger partial charge in [-0.05, 0) is 11.6 Å². The first kappa shape index (κ1) is 11.2. The van der Waals surface area contributed by atoms with Crippen LogP contribution in [0.15, 0.2) is 30.5 Å². The van der Waals surface area contributed by atoms with Crippen LogP contribution in [0, 0.1) is 0 Å². The van der Waals surface area contributed by atoms with Crippen LogP contribution >= 0.6 is 0 Å². The van der Waals surface area contributed by atoms with Gasteiger partial charge < -0.3 is 15.4 Å². The van der Waals surface area contributed by atoms with E-state index in [1.165, 1.54) is 5.39 Å². The molecule has 86 valence electrons. The minimum Gasteiger partial charge on any atom is -0.394 e. The van der Waals surface area contributed by atoms with Crippen molar-refractivity contribution >= 4 is 10.9 Å². The summed E-state index contributed by atoms with van der Waals surface area (Å²) in [4.78, 5) is 3.23. The van der Waals surface area contributed by atoms with E-state index >= 15 is 0 Å². The van der Waals surface area contributed by atoms with Crippen molar-refractivity contribution in [3.8, 4) is 0 Å². The van der Waals surface area contributed by atoms with Gasteiger partial charge in [0.05, 0.1) is 12.6 Å². The molecule has 0 bridgehead atoms. The second-order valence-electron chi connectivity index (χ2n) is 4.35. The lowest BCUT2D eigenvalue weighted by molar-refractivity contribution is 0.238. The number of H-pyrrole nitrogens is 1. The average molecular weight is 218 g/mol. The third-order valence-electron chi connectivity index (χ3n) is 2.71. The van der Waals surface area contributed by atoms with Gasteiger partial charge in [0.15, 0.2) is 0 Å². The number of aliphatic hydroxyl groups is 1. The van der Waals surface area contributed by atoms with Gasteiger partial charge >= 0.3 is 0 Å². The Morgan fingerprint density at radius 2 is 2.06 bits per heavy atom. The first-order valence-electron chi connectivity index (χ1n) is 5.65. The van der Waals surface area contributed by atoms with Crippen molar-refractivity contribution in [1.29, 1.82) is 0 Å². The van der Waals surface area contributed by atoms with Crippen LogP contribution in [-0.4, -0.2) is 22.7 Å². The van der Waals surface area contributed by atoms with E-state index in [0.29, 0.717) is 6.04 Å². The summed E-state index contributed by atoms with van der Waals surface area (Å²) in [5.41, 5.74) is 2.24. The number of aromatic amines is 1. The first-order chi connectivity index (χ1) is 7.72. The maximum Gasteiger partial charge on any atom is 0.0627 e. The van der Waals surface area contributed by atoms with Crippen LogP contribution in [0.4, 0.5) is 0 Å². The van der Waals surface area contributed by atoms with Gasteiger partial charge in [-0.2, -0.15) is 0 Å². The smallest absolute Gasteiger partial charge is 0.0627 e. The average Bonchev–Trinajstić information content (AvgIpc) is 2.69. The van der Waals surface area contributed by atoms with E-state index in [4.69, 9.17) is 0 Å². The van der Waals surface area contributed by atoms with E-state index in [2.05, 4.69) is 30.2 Å². The fraction of sp³-hybridized carbons (Fsp3) is 0.385. The maximum atomic E-state index is 9.43. The summed E-state index contributed by atoms with van der Waals surface area (Å²) < 4.78 is 0. The maximum absolute atomic E-state index is 9.43. The Morgan fingerprint density at radius 1 is 1.31 bits per heavy atom. The SMILES string of the molecule is CC(C)NC(CO)c1c[nH]c2ccccc12. The monoisotopic (exact) mass is 218 g/mol.